The molecule has 2 fully saturated rings. The van der Waals surface area contributed by atoms with Gasteiger partial charge in [-0.05, 0) is 113 Å². The van der Waals surface area contributed by atoms with Gasteiger partial charge in [-0.1, -0.05) is 36.4 Å². The zero-order chi connectivity index (χ0) is 55.6. The van der Waals surface area contributed by atoms with Crippen LogP contribution in [0.15, 0.2) is 101 Å². The minimum absolute atomic E-state index is 0.0185. The van der Waals surface area contributed by atoms with E-state index in [2.05, 4.69) is 95.9 Å². The number of benzene rings is 3. The van der Waals surface area contributed by atoms with Gasteiger partial charge in [-0.25, -0.2) is 9.78 Å². The van der Waals surface area contributed by atoms with E-state index in [0.29, 0.717) is 126 Å². The molecule has 1 atom stereocenters. The monoisotopic (exact) mass is 1100 g/mol. The minimum atomic E-state index is -0.428. The van der Waals surface area contributed by atoms with E-state index in [0.717, 1.165) is 80.0 Å². The van der Waals surface area contributed by atoms with E-state index >= 15 is 0 Å². The molecular weight excluding hydrogens is 1020 g/mol. The Hall–Kier alpha value is -6.75. The molecule has 4 N–H and O–H groups in total. The van der Waals surface area contributed by atoms with E-state index in [4.69, 9.17) is 29.5 Å². The number of ether oxygens (including phenoxy) is 5. The lowest BCUT2D eigenvalue weighted by Gasteiger charge is -2.32. The first-order valence-corrected chi connectivity index (χ1v) is 28.4. The molecule has 79 heavy (non-hydrogen) atoms. The third-order valence-corrected chi connectivity index (χ3v) is 14.4. The smallest absolute Gasteiger partial charge is 0.325 e. The maximum absolute atomic E-state index is 13.6. The average Bonchev–Trinajstić information content (AvgIpc) is 4.11. The van der Waals surface area contributed by atoms with Gasteiger partial charge in [0.1, 0.15) is 18.1 Å². The van der Waals surface area contributed by atoms with Crippen LogP contribution in [0.2, 0.25) is 0 Å². The molecule has 1 saturated heterocycles. The van der Waals surface area contributed by atoms with E-state index in [1.165, 1.54) is 11.3 Å². The van der Waals surface area contributed by atoms with Crippen molar-refractivity contribution in [2.75, 3.05) is 123 Å². The molecule has 5 aromatic rings. The van der Waals surface area contributed by atoms with Gasteiger partial charge in [0, 0.05) is 87.7 Å². The molecule has 426 valence electrons. The summed E-state index contributed by atoms with van der Waals surface area (Å²) in [5.74, 6) is 7.31. The number of likely N-dealkylation sites (N-methyl/N-ethyl adjacent to an activating group) is 2. The van der Waals surface area contributed by atoms with Crippen LogP contribution in [-0.4, -0.2) is 183 Å². The van der Waals surface area contributed by atoms with Crippen molar-refractivity contribution in [3.05, 3.63) is 107 Å². The van der Waals surface area contributed by atoms with E-state index in [-0.39, 0.29) is 24.3 Å². The van der Waals surface area contributed by atoms with Crippen LogP contribution in [0.25, 0.3) is 11.3 Å². The van der Waals surface area contributed by atoms with Crippen molar-refractivity contribution in [1.82, 2.24) is 34.4 Å². The highest BCUT2D eigenvalue weighted by Crippen LogP contribution is 2.36. The van der Waals surface area contributed by atoms with Crippen LogP contribution in [0, 0.1) is 0 Å². The predicted octanol–water partition coefficient (Wildman–Crippen LogP) is 7.18. The number of anilines is 2. The van der Waals surface area contributed by atoms with Crippen molar-refractivity contribution in [1.29, 1.82) is 0 Å². The van der Waals surface area contributed by atoms with Gasteiger partial charge in [-0.15, -0.1) is 11.3 Å². The molecule has 0 radical (unpaired) electrons. The maximum Gasteiger partial charge on any atom is 0.325 e. The number of unbranched alkanes of at least 4 members (excludes halogenated alkanes) is 1. The Labute approximate surface area is 469 Å². The Morgan fingerprint density at radius 2 is 1.49 bits per heavy atom. The number of hydrogen-bond donors (Lipinski definition) is 3. The summed E-state index contributed by atoms with van der Waals surface area (Å²) in [6, 6.07) is 25.6. The number of thiazole rings is 1. The third-order valence-electron chi connectivity index (χ3n) is 13.6. The number of urea groups is 1. The lowest BCUT2D eigenvalue weighted by atomic mass is 10.0. The Morgan fingerprint density at radius 1 is 0.797 bits per heavy atom. The summed E-state index contributed by atoms with van der Waals surface area (Å²) in [6.45, 7) is 11.4. The summed E-state index contributed by atoms with van der Waals surface area (Å²) in [5.41, 5.74) is 6.16. The first kappa shape index (κ1) is 59.9. The van der Waals surface area contributed by atoms with Crippen molar-refractivity contribution in [3.63, 3.8) is 0 Å². The average molecular weight is 1110 g/mol. The molecule has 20 nitrogen and oxygen atoms in total. The van der Waals surface area contributed by atoms with Gasteiger partial charge >= 0.3 is 6.03 Å². The number of aryl methyl sites for hydroxylation is 2. The summed E-state index contributed by atoms with van der Waals surface area (Å²) >= 11 is 1.28. The molecule has 2 aliphatic rings. The highest BCUT2D eigenvalue weighted by Gasteiger charge is 2.36. The number of nitrogens with one attached hydrogen (secondary N) is 2. The van der Waals surface area contributed by atoms with Crippen molar-refractivity contribution in [2.45, 2.75) is 70.4 Å². The number of hydrogen-bond acceptors (Lipinski definition) is 16. The molecular formula is C58H80N12O8S. The Kier molecular flexibility index (Phi) is 24.5. The quantitative estimate of drug-likeness (QED) is 0.0161. The fraction of sp³-hybridized carbons (Fsp3) is 0.500. The second-order valence-corrected chi connectivity index (χ2v) is 20.8. The highest BCUT2D eigenvalue weighted by molar-refractivity contribution is 7.14. The molecule has 7 rings (SSSR count). The number of aromatic nitrogens is 3. The van der Waals surface area contributed by atoms with Gasteiger partial charge in [0.05, 0.1) is 82.4 Å². The van der Waals surface area contributed by atoms with Gasteiger partial charge in [-0.2, -0.15) is 10.2 Å². The summed E-state index contributed by atoms with van der Waals surface area (Å²) in [4.78, 5) is 56.0. The maximum atomic E-state index is 13.6. The Balaban J connectivity index is 0.635. The normalized spacial score (nSPS) is 14.4. The summed E-state index contributed by atoms with van der Waals surface area (Å²) in [5, 5.41) is 16.1. The van der Waals surface area contributed by atoms with Gasteiger partial charge in [0.25, 0.3) is 0 Å². The molecule has 21 heteroatoms. The molecule has 1 aliphatic carbocycles. The number of carbonyl (C=O) groups excluding carboxylic acids is 3. The van der Waals surface area contributed by atoms with Gasteiger partial charge < -0.3 is 54.4 Å². The molecule has 1 aliphatic heterocycles. The van der Waals surface area contributed by atoms with Crippen LogP contribution < -0.4 is 25.9 Å². The number of aliphatic imine (C=N–C) groups is 1. The number of rotatable bonds is 34. The molecule has 0 bridgehead atoms. The van der Waals surface area contributed by atoms with E-state index in [9.17, 15) is 14.4 Å². The largest absolute Gasteiger partial charge is 0.494 e. The van der Waals surface area contributed by atoms with Crippen molar-refractivity contribution < 1.29 is 38.1 Å². The number of piperazine rings is 1. The van der Waals surface area contributed by atoms with Gasteiger partial charge in [0.2, 0.25) is 11.8 Å². The second-order valence-electron chi connectivity index (χ2n) is 19.9. The van der Waals surface area contributed by atoms with E-state index in [1.807, 2.05) is 43.4 Å². The highest BCUT2D eigenvalue weighted by atomic mass is 32.1. The number of hydrazone groups is 1. The van der Waals surface area contributed by atoms with Crippen LogP contribution in [0.3, 0.4) is 0 Å². The van der Waals surface area contributed by atoms with Crippen LogP contribution >= 0.6 is 11.3 Å². The standard InChI is InChI=1S/C58H80N12O8S/c1-44(46-10-12-47(13-11-46)54-23-27-68(4)65-54)70(51-16-17-51)55(71)22-9-45-7-18-52(19-8-45)77-33-6-5-26-66(2)32-36-76-38-37-74-34-24-49(64-59)42-60-25-35-75-39-40-78-53-20-14-48(15-21-53)61-57(73)63-58-62-50(43-79-58)41-56(72)69-30-28-67(3)29-31-69/h7-8,10-15,18-21,23,27,42-44,51H,5-6,9,16-17,22,24-26,28-41,59H2,1-4H3,(H2,61,62,63,73)/b60-42?,64-49-. The first-order valence-electron chi connectivity index (χ1n) is 27.5. The molecule has 3 heterocycles. The van der Waals surface area contributed by atoms with Crippen molar-refractivity contribution in [3.8, 4) is 22.8 Å². The van der Waals surface area contributed by atoms with Gasteiger partial charge in [-0.3, -0.25) is 24.6 Å². The van der Waals surface area contributed by atoms with E-state index < -0.39 is 6.03 Å². The van der Waals surface area contributed by atoms with Crippen LogP contribution in [0.5, 0.6) is 11.5 Å². The second kappa shape index (κ2) is 32.4. The lowest BCUT2D eigenvalue weighted by Crippen LogP contribution is -2.47. The summed E-state index contributed by atoms with van der Waals surface area (Å²) in [7, 11) is 6.07. The van der Waals surface area contributed by atoms with Gasteiger partial charge in [0.15, 0.2) is 5.13 Å². The molecule has 0 spiro atoms. The van der Waals surface area contributed by atoms with E-state index in [1.54, 1.807) is 40.5 Å². The number of amides is 4. The van der Waals surface area contributed by atoms with Crippen LogP contribution in [0.1, 0.15) is 68.3 Å². The third kappa shape index (κ3) is 21.1. The van der Waals surface area contributed by atoms with Crippen LogP contribution in [0.4, 0.5) is 15.6 Å². The molecule has 1 unspecified atom stereocenters. The molecule has 1 saturated carbocycles. The SMILES string of the molecule is CC(c1ccc(-c2ccn(C)n2)cc1)N(C(=O)CCc1ccc(OCCCCN(C)CCOCCOCC/C(C=NCCOCCOc2ccc(NC(=O)Nc3nc(CC(=O)N4CCN(C)CC4)cs3)cc2)=N/N)cc1)C1CC1. The zero-order valence-electron chi connectivity index (χ0n) is 46.4. The molecule has 4 amide bonds. The number of nitrogens with zero attached hydrogens (tertiary/aromatic N) is 9. The Bertz CT molecular complexity index is 2670. The van der Waals surface area contributed by atoms with Crippen molar-refractivity contribution >= 4 is 51.9 Å². The topological polar surface area (TPSA) is 216 Å². The number of carbonyl (C=O) groups is 3. The minimum Gasteiger partial charge on any atom is -0.494 e. The zero-order valence-corrected chi connectivity index (χ0v) is 47.2. The lowest BCUT2D eigenvalue weighted by molar-refractivity contribution is -0.134. The fourth-order valence-electron chi connectivity index (χ4n) is 8.82. The summed E-state index contributed by atoms with van der Waals surface area (Å²) in [6.07, 6.45) is 9.62. The fourth-order valence-corrected chi connectivity index (χ4v) is 9.53. The first-order chi connectivity index (χ1) is 38.5. The molecule has 3 aromatic carbocycles. The number of nitrogens with two attached hydrogens (primary N) is 1. The predicted molar refractivity (Wildman–Crippen MR) is 310 cm³/mol. The van der Waals surface area contributed by atoms with Crippen LogP contribution in [-0.2, 0) is 43.7 Å². The molecule has 2 aromatic heterocycles. The van der Waals surface area contributed by atoms with Crippen molar-refractivity contribution in [2.24, 2.45) is 23.0 Å². The summed E-state index contributed by atoms with van der Waals surface area (Å²) < 4.78 is 30.8. The Morgan fingerprint density at radius 3 is 2.20 bits per heavy atom.